The Labute approximate surface area is 75.7 Å². The monoisotopic (exact) mass is 180 g/mol. The Balaban J connectivity index is 2.59. The minimum absolute atomic E-state index is 0.253. The van der Waals surface area contributed by atoms with Crippen LogP contribution >= 0.6 is 0 Å². The zero-order valence-corrected chi connectivity index (χ0v) is 6.88. The summed E-state index contributed by atoms with van der Waals surface area (Å²) in [5, 5.41) is 9.28. The first-order chi connectivity index (χ1) is 6.24. The molecule has 0 saturated carbocycles. The predicted octanol–water partition coefficient (Wildman–Crippen LogP) is -1.73. The molecule has 6 heteroatoms. The quantitative estimate of drug-likeness (QED) is 0.540. The molecule has 68 valence electrons. The van der Waals surface area contributed by atoms with Crippen molar-refractivity contribution in [2.75, 3.05) is 6.54 Å². The van der Waals surface area contributed by atoms with E-state index in [4.69, 9.17) is 5.73 Å². The smallest absolute Gasteiger partial charge is 0.505 e. The lowest BCUT2D eigenvalue weighted by Crippen LogP contribution is -2.37. The number of aromatic nitrogens is 1. The van der Waals surface area contributed by atoms with Crippen LogP contribution in [0.3, 0.4) is 0 Å². The lowest BCUT2D eigenvalue weighted by molar-refractivity contribution is -0.133. The standard InChI is InChI=1S/C7H9BN2O3/c9-4-7(11)13-8(12)6-2-1-3-10-5-6/h1-3,5,12H,4,9H2. The minimum Gasteiger partial charge on any atom is -0.505 e. The maximum atomic E-state index is 10.7. The van der Waals surface area contributed by atoms with Gasteiger partial charge in [0.2, 0.25) is 0 Å². The van der Waals surface area contributed by atoms with Gasteiger partial charge < -0.3 is 15.4 Å². The number of carbonyl (C=O) groups is 1. The topological polar surface area (TPSA) is 85.4 Å². The molecule has 13 heavy (non-hydrogen) atoms. The molecule has 0 amide bonds. The van der Waals surface area contributed by atoms with Crippen LogP contribution in [0.25, 0.3) is 0 Å². The molecule has 1 aromatic heterocycles. The first kappa shape index (κ1) is 9.69. The Morgan fingerprint density at radius 1 is 1.77 bits per heavy atom. The van der Waals surface area contributed by atoms with Crippen LogP contribution < -0.4 is 11.2 Å². The van der Waals surface area contributed by atoms with E-state index in [9.17, 15) is 9.82 Å². The highest BCUT2D eigenvalue weighted by Gasteiger charge is 2.20. The fourth-order valence-electron chi connectivity index (χ4n) is 0.763. The molecule has 0 saturated heterocycles. The summed E-state index contributed by atoms with van der Waals surface area (Å²) >= 11 is 0. The summed E-state index contributed by atoms with van der Waals surface area (Å²) in [6.45, 7) is -0.253. The maximum absolute atomic E-state index is 10.7. The van der Waals surface area contributed by atoms with Gasteiger partial charge in [-0.2, -0.15) is 0 Å². The molecule has 3 N–H and O–H groups in total. The third-order valence-electron chi connectivity index (χ3n) is 1.38. The average molecular weight is 180 g/mol. The van der Waals surface area contributed by atoms with Crippen LogP contribution in [0.1, 0.15) is 0 Å². The van der Waals surface area contributed by atoms with Crippen LogP contribution in [0.5, 0.6) is 0 Å². The van der Waals surface area contributed by atoms with Gasteiger partial charge in [0, 0.05) is 17.9 Å². The largest absolute Gasteiger partial charge is 0.563 e. The van der Waals surface area contributed by atoms with Crippen molar-refractivity contribution in [1.82, 2.24) is 4.98 Å². The lowest BCUT2D eigenvalue weighted by atomic mass is 9.81. The molecule has 0 fully saturated rings. The molecule has 1 aromatic rings. The summed E-state index contributed by atoms with van der Waals surface area (Å²) in [5.41, 5.74) is 5.42. The number of hydrogen-bond donors (Lipinski definition) is 2. The third kappa shape index (κ3) is 2.85. The highest BCUT2D eigenvalue weighted by Crippen LogP contribution is 1.85. The molecule has 0 aliphatic carbocycles. The minimum atomic E-state index is -1.29. The predicted molar refractivity (Wildman–Crippen MR) is 47.0 cm³/mol. The molecule has 0 atom stereocenters. The van der Waals surface area contributed by atoms with E-state index in [1.807, 2.05) is 0 Å². The van der Waals surface area contributed by atoms with Gasteiger partial charge in [0.15, 0.2) is 0 Å². The Kier molecular flexibility index (Phi) is 3.42. The molecule has 1 rings (SSSR count). The first-order valence-electron chi connectivity index (χ1n) is 3.71. The molecule has 1 heterocycles. The number of rotatable bonds is 3. The number of hydrogen-bond acceptors (Lipinski definition) is 5. The Morgan fingerprint density at radius 2 is 2.54 bits per heavy atom. The molecule has 0 aliphatic rings. The summed E-state index contributed by atoms with van der Waals surface area (Å²) < 4.78 is 4.54. The number of nitrogens with zero attached hydrogens (tertiary/aromatic N) is 1. The van der Waals surface area contributed by atoms with Crippen molar-refractivity contribution < 1.29 is 14.5 Å². The van der Waals surface area contributed by atoms with Crippen LogP contribution in [0.15, 0.2) is 24.5 Å². The lowest BCUT2D eigenvalue weighted by Gasteiger charge is -2.05. The highest BCUT2D eigenvalue weighted by atomic mass is 16.6. The molecular formula is C7H9BN2O3. The van der Waals surface area contributed by atoms with Crippen molar-refractivity contribution in [2.45, 2.75) is 0 Å². The maximum Gasteiger partial charge on any atom is 0.563 e. The van der Waals surface area contributed by atoms with E-state index in [1.54, 1.807) is 18.3 Å². The Bertz CT molecular complexity index is 280. The Hall–Kier alpha value is -1.40. The Morgan fingerprint density at radius 3 is 3.08 bits per heavy atom. The zero-order valence-electron chi connectivity index (χ0n) is 6.88. The van der Waals surface area contributed by atoms with E-state index in [0.29, 0.717) is 5.46 Å². The van der Waals surface area contributed by atoms with Crippen molar-refractivity contribution in [3.63, 3.8) is 0 Å². The summed E-state index contributed by atoms with van der Waals surface area (Å²) in [5.74, 6) is -0.656. The average Bonchev–Trinajstić information content (AvgIpc) is 2.19. The van der Waals surface area contributed by atoms with E-state index in [1.165, 1.54) is 6.20 Å². The number of carbonyl (C=O) groups excluding carboxylic acids is 1. The van der Waals surface area contributed by atoms with Gasteiger partial charge in [-0.1, -0.05) is 6.07 Å². The van der Waals surface area contributed by atoms with E-state index >= 15 is 0 Å². The third-order valence-corrected chi connectivity index (χ3v) is 1.38. The van der Waals surface area contributed by atoms with Gasteiger partial charge in [0.25, 0.3) is 0 Å². The van der Waals surface area contributed by atoms with Crippen molar-refractivity contribution >= 4 is 18.6 Å². The van der Waals surface area contributed by atoms with Gasteiger partial charge >= 0.3 is 13.1 Å². The molecule has 0 unspecified atom stereocenters. The van der Waals surface area contributed by atoms with Crippen LogP contribution in [0, 0.1) is 0 Å². The van der Waals surface area contributed by atoms with Crippen LogP contribution in [-0.4, -0.2) is 29.6 Å². The van der Waals surface area contributed by atoms with Crippen molar-refractivity contribution in [3.8, 4) is 0 Å². The molecule has 0 aromatic carbocycles. The molecule has 0 aliphatic heterocycles. The zero-order chi connectivity index (χ0) is 9.68. The molecule has 0 bridgehead atoms. The van der Waals surface area contributed by atoms with Crippen LogP contribution in [-0.2, 0) is 9.45 Å². The van der Waals surface area contributed by atoms with E-state index < -0.39 is 13.1 Å². The summed E-state index contributed by atoms with van der Waals surface area (Å²) in [6, 6.07) is 3.23. The van der Waals surface area contributed by atoms with Gasteiger partial charge in [-0.25, -0.2) is 0 Å². The summed E-state index contributed by atoms with van der Waals surface area (Å²) in [6.07, 6.45) is 2.97. The van der Waals surface area contributed by atoms with E-state index in [-0.39, 0.29) is 6.54 Å². The number of nitrogens with two attached hydrogens (primary N) is 1. The van der Waals surface area contributed by atoms with Gasteiger partial charge in [-0.15, -0.1) is 0 Å². The summed E-state index contributed by atoms with van der Waals surface area (Å²) in [4.78, 5) is 14.4. The fourth-order valence-corrected chi connectivity index (χ4v) is 0.763. The van der Waals surface area contributed by atoms with Gasteiger partial charge in [0.1, 0.15) is 0 Å². The normalized spacial score (nSPS) is 9.38. The van der Waals surface area contributed by atoms with Gasteiger partial charge in [-0.3, -0.25) is 9.78 Å². The molecule has 5 nitrogen and oxygen atoms in total. The summed E-state index contributed by atoms with van der Waals surface area (Å²) in [7, 11) is -1.29. The SMILES string of the molecule is NCC(=O)OB(O)c1cccnc1. The van der Waals surface area contributed by atoms with Crippen LogP contribution in [0.2, 0.25) is 0 Å². The van der Waals surface area contributed by atoms with E-state index in [0.717, 1.165) is 0 Å². The number of pyridine rings is 1. The van der Waals surface area contributed by atoms with Crippen molar-refractivity contribution in [1.29, 1.82) is 0 Å². The second-order valence-electron chi connectivity index (χ2n) is 2.33. The fraction of sp³-hybridized carbons (Fsp3) is 0.143. The highest BCUT2D eigenvalue weighted by molar-refractivity contribution is 6.61. The molecule has 0 radical (unpaired) electrons. The van der Waals surface area contributed by atoms with Gasteiger partial charge in [-0.05, 0) is 6.07 Å². The van der Waals surface area contributed by atoms with E-state index in [2.05, 4.69) is 9.64 Å². The van der Waals surface area contributed by atoms with Crippen molar-refractivity contribution in [3.05, 3.63) is 24.5 Å². The van der Waals surface area contributed by atoms with Crippen molar-refractivity contribution in [2.24, 2.45) is 5.73 Å². The first-order valence-corrected chi connectivity index (χ1v) is 3.71. The second kappa shape index (κ2) is 4.59. The van der Waals surface area contributed by atoms with Gasteiger partial charge in [0.05, 0.1) is 6.54 Å². The second-order valence-corrected chi connectivity index (χ2v) is 2.33. The molecule has 0 spiro atoms. The molecular weight excluding hydrogens is 171 g/mol. The van der Waals surface area contributed by atoms with Crippen LogP contribution in [0.4, 0.5) is 0 Å².